The van der Waals surface area contributed by atoms with Crippen LogP contribution in [-0.2, 0) is 6.54 Å². The molecule has 1 aromatic rings. The third-order valence-electron chi connectivity index (χ3n) is 1.78. The van der Waals surface area contributed by atoms with Crippen molar-refractivity contribution in [2.75, 3.05) is 14.1 Å². The van der Waals surface area contributed by atoms with Crippen molar-refractivity contribution in [2.45, 2.75) is 6.54 Å². The van der Waals surface area contributed by atoms with E-state index < -0.39 is 11.8 Å². The minimum Gasteiger partial charge on any atom is -0.478 e. The van der Waals surface area contributed by atoms with Gasteiger partial charge in [-0.05, 0) is 37.9 Å². The molecule has 0 fully saturated rings. The summed E-state index contributed by atoms with van der Waals surface area (Å²) in [5.41, 5.74) is 0.641. The van der Waals surface area contributed by atoms with Crippen molar-refractivity contribution in [3.05, 3.63) is 35.1 Å². The highest BCUT2D eigenvalue weighted by Gasteiger charge is 2.11. The summed E-state index contributed by atoms with van der Waals surface area (Å²) in [5.74, 6) is -1.44. The maximum Gasteiger partial charge on any atom is 0.336 e. The second-order valence-corrected chi connectivity index (χ2v) is 3.34. The Bertz CT molecular complexity index is 355. The zero-order valence-electron chi connectivity index (χ0n) is 8.53. The number of carboxylic acids is 1. The van der Waals surface area contributed by atoms with Crippen LogP contribution in [-0.4, -0.2) is 30.1 Å². The molecule has 0 aliphatic heterocycles. The largest absolute Gasteiger partial charge is 0.478 e. The van der Waals surface area contributed by atoms with Gasteiger partial charge in [-0.2, -0.15) is 0 Å². The normalized spacial score (nSPS) is 9.87. The van der Waals surface area contributed by atoms with Gasteiger partial charge in [-0.15, -0.1) is 12.4 Å². The Labute approximate surface area is 93.9 Å². The predicted octanol–water partition coefficient (Wildman–Crippen LogP) is 2.01. The first-order chi connectivity index (χ1) is 6.50. The number of carbonyl (C=O) groups is 1. The van der Waals surface area contributed by atoms with Gasteiger partial charge >= 0.3 is 5.97 Å². The Kier molecular flexibility index (Phi) is 5.25. The Morgan fingerprint density at radius 2 is 2.07 bits per heavy atom. The SMILES string of the molecule is CN(C)Cc1cc(F)ccc1C(=O)O.Cl. The van der Waals surface area contributed by atoms with Crippen LogP contribution in [0.25, 0.3) is 0 Å². The highest BCUT2D eigenvalue weighted by molar-refractivity contribution is 5.89. The van der Waals surface area contributed by atoms with E-state index in [9.17, 15) is 9.18 Å². The van der Waals surface area contributed by atoms with Crippen LogP contribution in [0.15, 0.2) is 18.2 Å². The van der Waals surface area contributed by atoms with Crippen LogP contribution in [0, 0.1) is 5.82 Å². The van der Waals surface area contributed by atoms with Gasteiger partial charge < -0.3 is 10.0 Å². The van der Waals surface area contributed by atoms with Crippen molar-refractivity contribution in [1.82, 2.24) is 4.90 Å². The van der Waals surface area contributed by atoms with Gasteiger partial charge in [-0.25, -0.2) is 9.18 Å². The molecule has 1 N–H and O–H groups in total. The minimum absolute atomic E-state index is 0. The Balaban J connectivity index is 0.00000196. The lowest BCUT2D eigenvalue weighted by Crippen LogP contribution is -2.14. The molecule has 1 rings (SSSR count). The number of carboxylic acid groups (broad SMARTS) is 1. The molecule has 0 saturated heterocycles. The van der Waals surface area contributed by atoms with Crippen molar-refractivity contribution < 1.29 is 14.3 Å². The van der Waals surface area contributed by atoms with E-state index in [-0.39, 0.29) is 18.0 Å². The molecule has 0 aliphatic rings. The third-order valence-corrected chi connectivity index (χ3v) is 1.78. The first-order valence-corrected chi connectivity index (χ1v) is 4.17. The van der Waals surface area contributed by atoms with Gasteiger partial charge in [0.15, 0.2) is 0 Å². The highest BCUT2D eigenvalue weighted by atomic mass is 35.5. The van der Waals surface area contributed by atoms with Crippen molar-refractivity contribution >= 4 is 18.4 Å². The fourth-order valence-electron chi connectivity index (χ4n) is 1.24. The predicted molar refractivity (Wildman–Crippen MR) is 58.0 cm³/mol. The molecule has 5 heteroatoms. The van der Waals surface area contributed by atoms with Crippen molar-refractivity contribution in [2.24, 2.45) is 0 Å². The lowest BCUT2D eigenvalue weighted by atomic mass is 10.1. The number of nitrogens with zero attached hydrogens (tertiary/aromatic N) is 1. The van der Waals surface area contributed by atoms with Gasteiger partial charge in [0.05, 0.1) is 5.56 Å². The van der Waals surface area contributed by atoms with E-state index in [1.54, 1.807) is 19.0 Å². The van der Waals surface area contributed by atoms with E-state index in [1.807, 2.05) is 0 Å². The van der Waals surface area contributed by atoms with Crippen LogP contribution in [0.4, 0.5) is 4.39 Å². The minimum atomic E-state index is -1.03. The molecule has 0 atom stereocenters. The molecule has 0 radical (unpaired) electrons. The van der Waals surface area contributed by atoms with E-state index in [2.05, 4.69) is 0 Å². The van der Waals surface area contributed by atoms with Gasteiger partial charge in [0, 0.05) is 6.54 Å². The van der Waals surface area contributed by atoms with Crippen molar-refractivity contribution in [1.29, 1.82) is 0 Å². The molecule has 84 valence electrons. The van der Waals surface area contributed by atoms with E-state index in [4.69, 9.17) is 5.11 Å². The number of hydrogen-bond donors (Lipinski definition) is 1. The van der Waals surface area contributed by atoms with E-state index >= 15 is 0 Å². The lowest BCUT2D eigenvalue weighted by Gasteiger charge is -2.11. The molecule has 0 bridgehead atoms. The molecular formula is C10H13ClFNO2. The Morgan fingerprint density at radius 1 is 1.47 bits per heavy atom. The maximum atomic E-state index is 12.8. The topological polar surface area (TPSA) is 40.5 Å². The molecule has 0 amide bonds. The fourth-order valence-corrected chi connectivity index (χ4v) is 1.24. The van der Waals surface area contributed by atoms with Gasteiger partial charge in [-0.1, -0.05) is 0 Å². The molecule has 0 aromatic heterocycles. The summed E-state index contributed by atoms with van der Waals surface area (Å²) in [7, 11) is 3.60. The van der Waals surface area contributed by atoms with Gasteiger partial charge in [0.25, 0.3) is 0 Å². The summed E-state index contributed by atoms with van der Waals surface area (Å²) in [4.78, 5) is 12.6. The number of benzene rings is 1. The zero-order valence-corrected chi connectivity index (χ0v) is 9.34. The van der Waals surface area contributed by atoms with Crippen LogP contribution >= 0.6 is 12.4 Å². The lowest BCUT2D eigenvalue weighted by molar-refractivity contribution is 0.0695. The van der Waals surface area contributed by atoms with Gasteiger partial charge in [0.2, 0.25) is 0 Å². The summed E-state index contributed by atoms with van der Waals surface area (Å²) in [6.45, 7) is 0.416. The van der Waals surface area contributed by atoms with Crippen LogP contribution in [0.1, 0.15) is 15.9 Å². The Morgan fingerprint density at radius 3 is 2.53 bits per heavy atom. The molecule has 0 unspecified atom stereocenters. The summed E-state index contributed by atoms with van der Waals surface area (Å²) in [6, 6.07) is 3.70. The summed E-state index contributed by atoms with van der Waals surface area (Å²) < 4.78 is 12.8. The van der Waals surface area contributed by atoms with Crippen molar-refractivity contribution in [3.8, 4) is 0 Å². The smallest absolute Gasteiger partial charge is 0.336 e. The number of hydrogen-bond acceptors (Lipinski definition) is 2. The quantitative estimate of drug-likeness (QED) is 0.868. The molecular weight excluding hydrogens is 221 g/mol. The van der Waals surface area contributed by atoms with E-state index in [0.717, 1.165) is 6.07 Å². The third kappa shape index (κ3) is 3.85. The Hall–Kier alpha value is -1.13. The average Bonchev–Trinajstić information content (AvgIpc) is 2.01. The van der Waals surface area contributed by atoms with E-state index in [0.29, 0.717) is 12.1 Å². The second kappa shape index (κ2) is 5.68. The molecule has 0 heterocycles. The average molecular weight is 234 g/mol. The zero-order chi connectivity index (χ0) is 10.7. The molecule has 0 saturated carbocycles. The van der Waals surface area contributed by atoms with Crippen LogP contribution in [0.5, 0.6) is 0 Å². The first-order valence-electron chi connectivity index (χ1n) is 4.17. The molecule has 1 aromatic carbocycles. The van der Waals surface area contributed by atoms with Crippen LogP contribution in [0.2, 0.25) is 0 Å². The first kappa shape index (κ1) is 13.9. The number of aromatic carboxylic acids is 1. The monoisotopic (exact) mass is 233 g/mol. The maximum absolute atomic E-state index is 12.8. The van der Waals surface area contributed by atoms with Crippen molar-refractivity contribution in [3.63, 3.8) is 0 Å². The summed E-state index contributed by atoms with van der Waals surface area (Å²) in [6.07, 6.45) is 0. The van der Waals surface area contributed by atoms with Crippen LogP contribution < -0.4 is 0 Å². The highest BCUT2D eigenvalue weighted by Crippen LogP contribution is 2.12. The summed E-state index contributed by atoms with van der Waals surface area (Å²) >= 11 is 0. The molecule has 15 heavy (non-hydrogen) atoms. The standard InChI is InChI=1S/C10H12FNO2.ClH/c1-12(2)6-7-5-8(11)3-4-9(7)10(13)14;/h3-5H,6H2,1-2H3,(H,13,14);1H. The van der Waals surface area contributed by atoms with Gasteiger partial charge in [0.1, 0.15) is 5.82 Å². The number of rotatable bonds is 3. The molecule has 3 nitrogen and oxygen atoms in total. The van der Waals surface area contributed by atoms with Gasteiger partial charge in [-0.3, -0.25) is 0 Å². The second-order valence-electron chi connectivity index (χ2n) is 3.34. The molecule has 0 spiro atoms. The summed E-state index contributed by atoms with van der Waals surface area (Å²) in [5, 5.41) is 8.83. The molecule has 0 aliphatic carbocycles. The number of halogens is 2. The van der Waals surface area contributed by atoms with Crippen LogP contribution in [0.3, 0.4) is 0 Å². The fraction of sp³-hybridized carbons (Fsp3) is 0.300. The van der Waals surface area contributed by atoms with E-state index in [1.165, 1.54) is 12.1 Å².